The van der Waals surface area contributed by atoms with E-state index in [0.29, 0.717) is 25.4 Å². The monoisotopic (exact) mass is 598 g/mol. The SMILES string of the molecule is CCO[C@@H](Cc1ccc(OCC=C(C)C#Cc2cc(Br)cc(Br)c2)c(Br)c1)C(=O)O. The zero-order valence-corrected chi connectivity index (χ0v) is 21.3. The van der Waals surface area contributed by atoms with E-state index in [1.165, 1.54) is 0 Å². The maximum atomic E-state index is 11.2. The molecule has 0 radical (unpaired) electrons. The van der Waals surface area contributed by atoms with Crippen LogP contribution in [-0.2, 0) is 16.0 Å². The maximum Gasteiger partial charge on any atom is 0.333 e. The summed E-state index contributed by atoms with van der Waals surface area (Å²) in [6.07, 6.45) is 1.35. The number of hydrogen-bond donors (Lipinski definition) is 1. The fourth-order valence-electron chi connectivity index (χ4n) is 2.53. The molecule has 0 bridgehead atoms. The van der Waals surface area contributed by atoms with Gasteiger partial charge in [-0.2, -0.15) is 0 Å². The summed E-state index contributed by atoms with van der Waals surface area (Å²) in [7, 11) is 0. The molecule has 1 N–H and O–H groups in total. The number of benzene rings is 2. The van der Waals surface area contributed by atoms with Crippen LogP contribution in [0.25, 0.3) is 0 Å². The summed E-state index contributed by atoms with van der Waals surface area (Å²) < 4.78 is 13.8. The Morgan fingerprint density at radius 3 is 2.47 bits per heavy atom. The largest absolute Gasteiger partial charge is 0.488 e. The van der Waals surface area contributed by atoms with Crippen molar-refractivity contribution in [2.75, 3.05) is 13.2 Å². The standard InChI is InChI=1S/C23H21Br3O4/c1-3-29-22(23(27)28)13-17-6-7-21(20(26)12-17)30-9-8-15(2)4-5-16-10-18(24)14-19(25)11-16/h6-8,10-12,14,22H,3,9,13H2,1-2H3,(H,27,28)/t22-/m0/s1. The summed E-state index contributed by atoms with van der Waals surface area (Å²) in [6.45, 7) is 4.44. The van der Waals surface area contributed by atoms with Gasteiger partial charge in [0.15, 0.2) is 6.10 Å². The first-order valence-electron chi connectivity index (χ1n) is 9.19. The molecule has 4 nitrogen and oxygen atoms in total. The van der Waals surface area contributed by atoms with Crippen molar-refractivity contribution >= 4 is 53.8 Å². The van der Waals surface area contributed by atoms with E-state index in [0.717, 1.165) is 30.1 Å². The van der Waals surface area contributed by atoms with Crippen LogP contribution in [-0.4, -0.2) is 30.4 Å². The summed E-state index contributed by atoms with van der Waals surface area (Å²) in [6, 6.07) is 11.4. The normalized spacial score (nSPS) is 12.1. The third-order valence-corrected chi connectivity index (χ3v) is 5.49. The van der Waals surface area contributed by atoms with Crippen molar-refractivity contribution in [1.29, 1.82) is 0 Å². The van der Waals surface area contributed by atoms with Crippen molar-refractivity contribution < 1.29 is 19.4 Å². The zero-order chi connectivity index (χ0) is 22.1. The van der Waals surface area contributed by atoms with Crippen molar-refractivity contribution in [2.45, 2.75) is 26.4 Å². The molecule has 0 saturated heterocycles. The van der Waals surface area contributed by atoms with Crippen molar-refractivity contribution in [1.82, 2.24) is 0 Å². The molecule has 0 spiro atoms. The van der Waals surface area contributed by atoms with Gasteiger partial charge in [0.1, 0.15) is 12.4 Å². The van der Waals surface area contributed by atoms with Gasteiger partial charge in [-0.05, 0) is 77.3 Å². The number of carbonyl (C=O) groups is 1. The predicted octanol–water partition coefficient (Wildman–Crippen LogP) is 6.38. The van der Waals surface area contributed by atoms with Crippen LogP contribution in [0.15, 0.2) is 61.5 Å². The maximum absolute atomic E-state index is 11.2. The quantitative estimate of drug-likeness (QED) is 0.357. The summed E-state index contributed by atoms with van der Waals surface area (Å²) in [4.78, 5) is 11.2. The molecule has 0 aliphatic rings. The molecule has 0 aliphatic carbocycles. The second-order valence-electron chi connectivity index (χ2n) is 6.36. The molecule has 0 amide bonds. The van der Waals surface area contributed by atoms with Crippen LogP contribution < -0.4 is 4.74 Å². The highest BCUT2D eigenvalue weighted by molar-refractivity contribution is 9.11. The van der Waals surface area contributed by atoms with Crippen LogP contribution >= 0.6 is 47.8 Å². The third-order valence-electron chi connectivity index (χ3n) is 3.96. The van der Waals surface area contributed by atoms with E-state index >= 15 is 0 Å². The van der Waals surface area contributed by atoms with Gasteiger partial charge in [-0.3, -0.25) is 0 Å². The molecule has 0 saturated carbocycles. The Balaban J connectivity index is 1.97. The minimum absolute atomic E-state index is 0.294. The number of hydrogen-bond acceptors (Lipinski definition) is 3. The smallest absolute Gasteiger partial charge is 0.333 e. The highest BCUT2D eigenvalue weighted by atomic mass is 79.9. The lowest BCUT2D eigenvalue weighted by atomic mass is 10.1. The van der Waals surface area contributed by atoms with Gasteiger partial charge in [0.25, 0.3) is 0 Å². The lowest BCUT2D eigenvalue weighted by Crippen LogP contribution is -2.26. The van der Waals surface area contributed by atoms with Crippen LogP contribution in [0.4, 0.5) is 0 Å². The molecule has 0 aromatic heterocycles. The van der Waals surface area contributed by atoms with Gasteiger partial charge in [0, 0.05) is 27.5 Å². The summed E-state index contributed by atoms with van der Waals surface area (Å²) in [5.74, 6) is 5.95. The van der Waals surface area contributed by atoms with Gasteiger partial charge < -0.3 is 14.6 Å². The number of rotatable bonds is 8. The molecule has 7 heteroatoms. The summed E-state index contributed by atoms with van der Waals surface area (Å²) in [5, 5.41) is 9.22. The number of halogens is 3. The molecule has 0 heterocycles. The Morgan fingerprint density at radius 2 is 1.87 bits per heavy atom. The molecule has 0 aliphatic heterocycles. The third kappa shape index (κ3) is 8.27. The molecule has 1 atom stereocenters. The van der Waals surface area contributed by atoms with Crippen molar-refractivity contribution in [3.05, 3.63) is 72.6 Å². The molecular formula is C23H21Br3O4. The van der Waals surface area contributed by atoms with Gasteiger partial charge >= 0.3 is 5.97 Å². The molecule has 0 fully saturated rings. The van der Waals surface area contributed by atoms with Gasteiger partial charge in [-0.1, -0.05) is 49.8 Å². The van der Waals surface area contributed by atoms with Gasteiger partial charge in [0.2, 0.25) is 0 Å². The predicted molar refractivity (Wildman–Crippen MR) is 129 cm³/mol. The Kier molecular flexibility index (Phi) is 10.1. The first-order chi connectivity index (χ1) is 14.3. The Bertz CT molecular complexity index is 969. The summed E-state index contributed by atoms with van der Waals surface area (Å²) >= 11 is 10.4. The molecule has 0 unspecified atom stereocenters. The molecule has 2 rings (SSSR count). The second-order valence-corrected chi connectivity index (χ2v) is 9.04. The fourth-order valence-corrected chi connectivity index (χ4v) is 4.36. The van der Waals surface area contributed by atoms with Crippen LogP contribution in [0.5, 0.6) is 5.75 Å². The van der Waals surface area contributed by atoms with Crippen LogP contribution in [0, 0.1) is 11.8 Å². The van der Waals surface area contributed by atoms with E-state index in [1.54, 1.807) is 6.92 Å². The highest BCUT2D eigenvalue weighted by Crippen LogP contribution is 2.27. The van der Waals surface area contributed by atoms with Crippen LogP contribution in [0.1, 0.15) is 25.0 Å². The van der Waals surface area contributed by atoms with E-state index in [1.807, 2.05) is 49.4 Å². The Labute approximate surface area is 202 Å². The number of carboxylic acids is 1. The minimum atomic E-state index is -0.967. The average molecular weight is 601 g/mol. The molecule has 2 aromatic carbocycles. The molecule has 2 aromatic rings. The van der Waals surface area contributed by atoms with Crippen LogP contribution in [0.3, 0.4) is 0 Å². The van der Waals surface area contributed by atoms with E-state index in [2.05, 4.69) is 59.6 Å². The first kappa shape index (κ1) is 24.7. The molecule has 30 heavy (non-hydrogen) atoms. The second kappa shape index (κ2) is 12.3. The van der Waals surface area contributed by atoms with Crippen molar-refractivity contribution in [3.8, 4) is 17.6 Å². The Hall–Kier alpha value is -1.59. The minimum Gasteiger partial charge on any atom is -0.488 e. The van der Waals surface area contributed by atoms with Crippen molar-refractivity contribution in [3.63, 3.8) is 0 Å². The number of ether oxygens (including phenoxy) is 2. The number of allylic oxidation sites excluding steroid dienone is 1. The lowest BCUT2D eigenvalue weighted by molar-refractivity contribution is -0.149. The van der Waals surface area contributed by atoms with Gasteiger partial charge in [0.05, 0.1) is 4.47 Å². The average Bonchev–Trinajstić information content (AvgIpc) is 2.67. The van der Waals surface area contributed by atoms with E-state index < -0.39 is 12.1 Å². The topological polar surface area (TPSA) is 55.8 Å². The molecule has 158 valence electrons. The Morgan fingerprint density at radius 1 is 1.17 bits per heavy atom. The summed E-state index contributed by atoms with van der Waals surface area (Å²) in [5.41, 5.74) is 2.67. The zero-order valence-electron chi connectivity index (χ0n) is 16.5. The van der Waals surface area contributed by atoms with Gasteiger partial charge in [-0.25, -0.2) is 4.79 Å². The molecular weight excluding hydrogens is 580 g/mol. The van der Waals surface area contributed by atoms with Crippen LogP contribution in [0.2, 0.25) is 0 Å². The van der Waals surface area contributed by atoms with E-state index in [4.69, 9.17) is 9.47 Å². The number of aliphatic carboxylic acids is 1. The first-order valence-corrected chi connectivity index (χ1v) is 11.6. The highest BCUT2D eigenvalue weighted by Gasteiger charge is 2.18. The van der Waals surface area contributed by atoms with E-state index in [9.17, 15) is 9.90 Å². The van der Waals surface area contributed by atoms with Crippen molar-refractivity contribution in [2.24, 2.45) is 0 Å². The van der Waals surface area contributed by atoms with E-state index in [-0.39, 0.29) is 0 Å². The lowest BCUT2D eigenvalue weighted by Gasteiger charge is -2.13. The fraction of sp³-hybridized carbons (Fsp3) is 0.261. The van der Waals surface area contributed by atoms with Gasteiger partial charge in [-0.15, -0.1) is 0 Å². The number of carboxylic acid groups (broad SMARTS) is 1.